The molecule has 1 saturated heterocycles. The van der Waals surface area contributed by atoms with Crippen molar-refractivity contribution in [1.29, 1.82) is 0 Å². The first-order valence-corrected chi connectivity index (χ1v) is 9.53. The highest BCUT2D eigenvalue weighted by Crippen LogP contribution is 2.31. The third kappa shape index (κ3) is 6.85. The summed E-state index contributed by atoms with van der Waals surface area (Å²) in [6.07, 6.45) is -4.61. The van der Waals surface area contributed by atoms with Gasteiger partial charge in [-0.05, 0) is 51.4 Å². The highest BCUT2D eigenvalue weighted by molar-refractivity contribution is 6.60. The number of aliphatic hydroxyl groups is 1. The molecule has 1 aliphatic rings. The van der Waals surface area contributed by atoms with Gasteiger partial charge in [-0.2, -0.15) is 13.2 Å². The summed E-state index contributed by atoms with van der Waals surface area (Å²) in [5, 5.41) is 20.6. The Morgan fingerprint density at radius 2 is 1.72 bits per heavy atom. The number of nitrogens with zero attached hydrogens (tertiary/aromatic N) is 1. The monoisotopic (exact) mass is 419 g/mol. The summed E-state index contributed by atoms with van der Waals surface area (Å²) >= 11 is 0. The third-order valence-electron chi connectivity index (χ3n) is 5.20. The van der Waals surface area contributed by atoms with E-state index in [1.54, 1.807) is 13.8 Å². The fourth-order valence-corrected chi connectivity index (χ4v) is 2.62. The van der Waals surface area contributed by atoms with Gasteiger partial charge in [-0.15, -0.1) is 0 Å². The summed E-state index contributed by atoms with van der Waals surface area (Å²) in [7, 11) is -1.67. The number of benzene rings is 1. The first kappa shape index (κ1) is 23.9. The van der Waals surface area contributed by atoms with Crippen LogP contribution in [0.25, 0.3) is 0 Å². The van der Waals surface area contributed by atoms with Gasteiger partial charge in [0.15, 0.2) is 0 Å². The van der Waals surface area contributed by atoms with Gasteiger partial charge in [0.05, 0.1) is 30.0 Å². The van der Waals surface area contributed by atoms with E-state index in [1.807, 2.05) is 0 Å². The number of ether oxygens (including phenoxy) is 2. The quantitative estimate of drug-likeness (QED) is 0.625. The van der Waals surface area contributed by atoms with E-state index in [0.29, 0.717) is 19.8 Å². The molecule has 0 aliphatic carbocycles. The lowest BCUT2D eigenvalue weighted by Crippen LogP contribution is -2.53. The Morgan fingerprint density at radius 3 is 2.28 bits per heavy atom. The predicted molar refractivity (Wildman–Crippen MR) is 103 cm³/mol. The molecule has 164 valence electrons. The predicted octanol–water partition coefficient (Wildman–Crippen LogP) is 1.67. The summed E-state index contributed by atoms with van der Waals surface area (Å²) in [6, 6.07) is 3.04. The molecular formula is C19H29BF3NO5. The van der Waals surface area contributed by atoms with Crippen LogP contribution in [-0.4, -0.2) is 72.8 Å². The lowest BCUT2D eigenvalue weighted by Gasteiger charge is -2.38. The molecule has 0 aromatic heterocycles. The zero-order valence-corrected chi connectivity index (χ0v) is 17.3. The lowest BCUT2D eigenvalue weighted by molar-refractivity contribution is -0.137. The molecule has 0 radical (unpaired) electrons. The fourth-order valence-electron chi connectivity index (χ4n) is 2.62. The minimum absolute atomic E-state index is 0.00759. The van der Waals surface area contributed by atoms with Crippen molar-refractivity contribution in [1.82, 2.24) is 4.90 Å². The standard InChI is InChI=1S/C19H29BF3NO5/c1-17(2,25)18(3,4)29-20(26)15-11-14(19(21,22)23)12-16(13-15)28-10-7-24-5-8-27-9-6-24/h11-13,25-26H,5-10H2,1-4H3. The third-order valence-corrected chi connectivity index (χ3v) is 5.20. The van der Waals surface area contributed by atoms with Gasteiger partial charge in [0.2, 0.25) is 0 Å². The maximum atomic E-state index is 13.3. The van der Waals surface area contributed by atoms with E-state index < -0.39 is 30.1 Å². The van der Waals surface area contributed by atoms with Crippen LogP contribution in [0, 0.1) is 0 Å². The zero-order valence-electron chi connectivity index (χ0n) is 17.3. The van der Waals surface area contributed by atoms with Crippen molar-refractivity contribution >= 4 is 12.6 Å². The molecule has 10 heteroatoms. The van der Waals surface area contributed by atoms with Crippen LogP contribution in [0.15, 0.2) is 18.2 Å². The minimum atomic E-state index is -4.61. The van der Waals surface area contributed by atoms with E-state index in [1.165, 1.54) is 19.9 Å². The van der Waals surface area contributed by atoms with Crippen LogP contribution in [0.1, 0.15) is 33.3 Å². The zero-order chi connectivity index (χ0) is 21.9. The topological polar surface area (TPSA) is 71.4 Å². The first-order valence-electron chi connectivity index (χ1n) is 9.53. The molecular weight excluding hydrogens is 390 g/mol. The van der Waals surface area contributed by atoms with E-state index >= 15 is 0 Å². The Kier molecular flexibility index (Phi) is 7.61. The molecule has 1 fully saturated rings. The second kappa shape index (κ2) is 9.22. The van der Waals surface area contributed by atoms with Gasteiger partial charge in [0, 0.05) is 19.6 Å². The van der Waals surface area contributed by atoms with Crippen molar-refractivity contribution in [2.45, 2.75) is 45.1 Å². The van der Waals surface area contributed by atoms with Crippen molar-refractivity contribution < 1.29 is 37.4 Å². The molecule has 0 saturated carbocycles. The Morgan fingerprint density at radius 1 is 1.10 bits per heavy atom. The summed E-state index contributed by atoms with van der Waals surface area (Å²) in [4.78, 5) is 2.10. The minimum Gasteiger partial charge on any atom is -0.492 e. The maximum absolute atomic E-state index is 13.3. The van der Waals surface area contributed by atoms with Crippen molar-refractivity contribution in [2.75, 3.05) is 39.5 Å². The largest absolute Gasteiger partial charge is 0.492 e. The summed E-state index contributed by atoms with van der Waals surface area (Å²) in [6.45, 7) is 9.56. The van der Waals surface area contributed by atoms with Crippen molar-refractivity contribution in [3.63, 3.8) is 0 Å². The second-order valence-electron chi connectivity index (χ2n) is 8.13. The summed E-state index contributed by atoms with van der Waals surface area (Å²) in [5.41, 5.74) is -3.58. The molecule has 1 heterocycles. The van der Waals surface area contributed by atoms with Crippen LogP contribution in [-0.2, 0) is 15.6 Å². The summed E-state index contributed by atoms with van der Waals surface area (Å²) in [5.74, 6) is -0.00759. The van der Waals surface area contributed by atoms with E-state index in [2.05, 4.69) is 4.90 Å². The Bertz CT molecular complexity index is 673. The normalized spacial score (nSPS) is 16.7. The van der Waals surface area contributed by atoms with Crippen molar-refractivity contribution in [3.8, 4) is 5.75 Å². The van der Waals surface area contributed by atoms with Crippen LogP contribution in [0.2, 0.25) is 0 Å². The number of halogens is 3. The first-order chi connectivity index (χ1) is 13.3. The molecule has 2 rings (SSSR count). The highest BCUT2D eigenvalue weighted by Gasteiger charge is 2.40. The Hall–Kier alpha value is -1.33. The fraction of sp³-hybridized carbons (Fsp3) is 0.684. The van der Waals surface area contributed by atoms with E-state index in [-0.39, 0.29) is 17.8 Å². The van der Waals surface area contributed by atoms with E-state index in [9.17, 15) is 23.3 Å². The average molecular weight is 419 g/mol. The van der Waals surface area contributed by atoms with Gasteiger partial charge < -0.3 is 24.3 Å². The van der Waals surface area contributed by atoms with Crippen LogP contribution >= 0.6 is 0 Å². The van der Waals surface area contributed by atoms with Gasteiger partial charge >= 0.3 is 13.3 Å². The molecule has 1 aromatic rings. The molecule has 6 nitrogen and oxygen atoms in total. The molecule has 29 heavy (non-hydrogen) atoms. The van der Waals surface area contributed by atoms with Crippen LogP contribution in [0.3, 0.4) is 0 Å². The van der Waals surface area contributed by atoms with Crippen LogP contribution in [0.4, 0.5) is 13.2 Å². The SMILES string of the molecule is CC(C)(O)C(C)(C)OB(O)c1cc(OCCN2CCOCC2)cc(C(F)(F)F)c1. The molecule has 2 N–H and O–H groups in total. The molecule has 1 aromatic carbocycles. The number of hydrogen-bond acceptors (Lipinski definition) is 6. The molecule has 0 amide bonds. The number of rotatable bonds is 8. The van der Waals surface area contributed by atoms with Crippen LogP contribution < -0.4 is 10.2 Å². The van der Waals surface area contributed by atoms with Gasteiger partial charge in [-0.1, -0.05) is 0 Å². The van der Waals surface area contributed by atoms with Gasteiger partial charge in [0.1, 0.15) is 12.4 Å². The molecule has 1 aliphatic heterocycles. The number of alkyl halides is 3. The molecule has 0 unspecified atom stereocenters. The maximum Gasteiger partial charge on any atom is 0.491 e. The molecule has 0 bridgehead atoms. The van der Waals surface area contributed by atoms with Crippen molar-refractivity contribution in [3.05, 3.63) is 23.8 Å². The molecule has 0 spiro atoms. The highest BCUT2D eigenvalue weighted by atomic mass is 19.4. The lowest BCUT2D eigenvalue weighted by atomic mass is 9.76. The smallest absolute Gasteiger partial charge is 0.491 e. The number of morpholine rings is 1. The Balaban J connectivity index is 2.15. The second-order valence-corrected chi connectivity index (χ2v) is 8.13. The van der Waals surface area contributed by atoms with Gasteiger partial charge in [-0.25, -0.2) is 0 Å². The van der Waals surface area contributed by atoms with Gasteiger partial charge in [0.25, 0.3) is 0 Å². The molecule has 0 atom stereocenters. The Labute approximate surface area is 169 Å². The van der Waals surface area contributed by atoms with E-state index in [0.717, 1.165) is 25.2 Å². The van der Waals surface area contributed by atoms with Crippen LogP contribution in [0.5, 0.6) is 5.75 Å². The average Bonchev–Trinajstić information content (AvgIpc) is 2.60. The van der Waals surface area contributed by atoms with Crippen molar-refractivity contribution in [2.24, 2.45) is 0 Å². The van der Waals surface area contributed by atoms with Gasteiger partial charge in [-0.3, -0.25) is 4.90 Å². The number of hydrogen-bond donors (Lipinski definition) is 2. The van der Waals surface area contributed by atoms with E-state index in [4.69, 9.17) is 14.1 Å². The summed E-state index contributed by atoms with van der Waals surface area (Å²) < 4.78 is 56.2.